The Morgan fingerprint density at radius 2 is 1.80 bits per heavy atom. The monoisotopic (exact) mass is 688 g/mol. The molecule has 3 N–H and O–H groups in total. The van der Waals surface area contributed by atoms with Crippen molar-refractivity contribution in [1.82, 2.24) is 10.2 Å². The average Bonchev–Trinajstić information content (AvgIpc) is 3.81. The van der Waals surface area contributed by atoms with Gasteiger partial charge in [-0.2, -0.15) is 0 Å². The number of amides is 3. The lowest BCUT2D eigenvalue weighted by Crippen LogP contribution is -2.55. The molecule has 2 aromatic carbocycles. The predicted molar refractivity (Wildman–Crippen MR) is 180 cm³/mol. The van der Waals surface area contributed by atoms with Crippen LogP contribution in [0.15, 0.2) is 53.7 Å². The zero-order valence-corrected chi connectivity index (χ0v) is 28.6. The Bertz CT molecular complexity index is 1680. The van der Waals surface area contributed by atoms with Gasteiger partial charge in [0.15, 0.2) is 17.1 Å². The number of hydrogen-bond acceptors (Lipinski definition) is 10. The molecule has 0 unspecified atom stereocenters. The van der Waals surface area contributed by atoms with Gasteiger partial charge in [-0.1, -0.05) is 75.5 Å². The molecule has 266 valence electrons. The largest absolute Gasteiger partial charge is 0.461 e. The van der Waals surface area contributed by atoms with Crippen LogP contribution in [0.5, 0.6) is 11.5 Å². The van der Waals surface area contributed by atoms with Gasteiger partial charge in [0.05, 0.1) is 30.6 Å². The van der Waals surface area contributed by atoms with E-state index in [9.17, 15) is 24.0 Å². The van der Waals surface area contributed by atoms with E-state index in [1.807, 2.05) is 63.2 Å². The van der Waals surface area contributed by atoms with E-state index in [0.29, 0.717) is 17.2 Å². The van der Waals surface area contributed by atoms with Crippen molar-refractivity contribution in [1.29, 1.82) is 0 Å². The van der Waals surface area contributed by atoms with E-state index in [-0.39, 0.29) is 51.5 Å². The number of nitrogens with two attached hydrogens (primary N) is 1. The molecule has 0 aromatic heterocycles. The fourth-order valence-corrected chi connectivity index (χ4v) is 7.02. The number of nitrogens with zero attached hydrogens (tertiary/aromatic N) is 2. The van der Waals surface area contributed by atoms with Gasteiger partial charge < -0.3 is 35.0 Å². The Morgan fingerprint density at radius 3 is 2.48 bits per heavy atom. The Kier molecular flexibility index (Phi) is 9.86. The number of hydrogen-bond donors (Lipinski definition) is 2. The Labute approximate surface area is 290 Å². The van der Waals surface area contributed by atoms with E-state index in [1.54, 1.807) is 6.07 Å². The van der Waals surface area contributed by atoms with E-state index in [1.165, 1.54) is 4.90 Å². The first-order chi connectivity index (χ1) is 23.8. The van der Waals surface area contributed by atoms with Crippen LogP contribution in [0.2, 0.25) is 0 Å². The summed E-state index contributed by atoms with van der Waals surface area (Å²) in [5, 5.41) is 7.14. The van der Waals surface area contributed by atoms with Crippen molar-refractivity contribution < 1.29 is 43.0 Å². The van der Waals surface area contributed by atoms with Gasteiger partial charge in [-0.05, 0) is 41.5 Å². The third-order valence-electron chi connectivity index (χ3n) is 10.2. The molecule has 2 aromatic rings. The maximum Gasteiger partial charge on any atom is 0.306 e. The summed E-state index contributed by atoms with van der Waals surface area (Å²) in [4.78, 5) is 74.2. The van der Waals surface area contributed by atoms with Crippen molar-refractivity contribution in [2.24, 2.45) is 28.1 Å². The predicted octanol–water partition coefficient (Wildman–Crippen LogP) is 3.40. The van der Waals surface area contributed by atoms with Crippen molar-refractivity contribution in [3.63, 3.8) is 0 Å². The molecule has 3 amide bonds. The van der Waals surface area contributed by atoms with Crippen molar-refractivity contribution in [2.75, 3.05) is 13.3 Å². The van der Waals surface area contributed by atoms with Gasteiger partial charge in [0.2, 0.25) is 24.4 Å². The van der Waals surface area contributed by atoms with Crippen LogP contribution in [0.1, 0.15) is 76.8 Å². The van der Waals surface area contributed by atoms with E-state index in [0.717, 1.165) is 30.4 Å². The molecule has 3 aliphatic heterocycles. The molecule has 4 atom stereocenters. The molecule has 50 heavy (non-hydrogen) atoms. The summed E-state index contributed by atoms with van der Waals surface area (Å²) in [6, 6.07) is 12.5. The second-order valence-electron chi connectivity index (χ2n) is 14.8. The molecular weight excluding hydrogens is 644 g/mol. The number of ketones is 1. The zero-order chi connectivity index (χ0) is 35.6. The Balaban J connectivity index is 1.24. The Hall–Kier alpha value is -4.94. The molecule has 6 rings (SSSR count). The molecule has 1 saturated heterocycles. The number of primary amides is 1. The molecule has 1 aliphatic carbocycles. The minimum atomic E-state index is -1.13. The first-order valence-corrected chi connectivity index (χ1v) is 17.1. The number of Topliss-reactive ketones (excluding diaryl/α,β-unsaturated/α-hetero) is 1. The second-order valence-corrected chi connectivity index (χ2v) is 14.8. The average molecular weight is 689 g/mol. The fourth-order valence-electron chi connectivity index (χ4n) is 7.02. The maximum absolute atomic E-state index is 14.6. The standard InChI is InChI=1S/C37H44N4O9/c1-36(2,3)25(16-31(42)47-19-23-8-5-4-6-9-23)35(46)41-20-37(17-27(40-50-37)24-12-13-29-30(15-24)49-21-48-29)18-28(41)34(45)39-26(32(43)33(38)44)14-22-10-7-11-22/h4-6,8-9,12-13,15,22,25-26,28H,7,10-11,14,16-21H2,1-3H3,(H2,38,44)(H,39,45)/t25-,26+,28+,37-/m1/s1. The number of ether oxygens (including phenoxy) is 3. The first kappa shape index (κ1) is 34.9. The number of carbonyl (C=O) groups excluding carboxylic acids is 5. The summed E-state index contributed by atoms with van der Waals surface area (Å²) in [5.74, 6) is -3.07. The second kappa shape index (κ2) is 14.1. The van der Waals surface area contributed by atoms with Crippen LogP contribution < -0.4 is 20.5 Å². The van der Waals surface area contributed by atoms with Gasteiger partial charge in [0.25, 0.3) is 5.91 Å². The van der Waals surface area contributed by atoms with Crippen LogP contribution in [0.25, 0.3) is 0 Å². The van der Waals surface area contributed by atoms with Crippen molar-refractivity contribution >= 4 is 35.2 Å². The third-order valence-corrected chi connectivity index (χ3v) is 10.2. The molecule has 2 fully saturated rings. The summed E-state index contributed by atoms with van der Waals surface area (Å²) < 4.78 is 16.5. The van der Waals surface area contributed by atoms with Crippen LogP contribution in [0.3, 0.4) is 0 Å². The number of nitrogens with one attached hydrogen (secondary N) is 1. The van der Waals surface area contributed by atoms with E-state index in [4.69, 9.17) is 24.8 Å². The van der Waals surface area contributed by atoms with Crippen molar-refractivity contribution in [3.05, 3.63) is 59.7 Å². The lowest BCUT2D eigenvalue weighted by atomic mass is 9.77. The molecule has 3 heterocycles. The van der Waals surface area contributed by atoms with E-state index in [2.05, 4.69) is 10.5 Å². The van der Waals surface area contributed by atoms with Crippen molar-refractivity contribution in [2.45, 2.75) is 90.0 Å². The smallest absolute Gasteiger partial charge is 0.306 e. The number of likely N-dealkylation sites (tertiary alicyclic amines) is 1. The molecule has 13 nitrogen and oxygen atoms in total. The van der Waals surface area contributed by atoms with E-state index >= 15 is 0 Å². The summed E-state index contributed by atoms with van der Waals surface area (Å²) in [6.45, 7) is 5.75. The minimum Gasteiger partial charge on any atom is -0.461 e. The maximum atomic E-state index is 14.6. The number of rotatable bonds is 12. The van der Waals surface area contributed by atoms with E-state index < -0.39 is 58.5 Å². The highest BCUT2D eigenvalue weighted by Crippen LogP contribution is 2.43. The summed E-state index contributed by atoms with van der Waals surface area (Å²) >= 11 is 0. The molecule has 1 saturated carbocycles. The lowest BCUT2D eigenvalue weighted by molar-refractivity contribution is -0.154. The lowest BCUT2D eigenvalue weighted by Gasteiger charge is -2.35. The van der Waals surface area contributed by atoms with Crippen LogP contribution in [0.4, 0.5) is 0 Å². The van der Waals surface area contributed by atoms with Gasteiger partial charge in [0.1, 0.15) is 12.6 Å². The SMILES string of the molecule is CC(C)(C)[C@H](CC(=O)OCc1ccccc1)C(=O)N1C[C@@]2(CC(c3ccc4c(c3)OCO4)=NO2)C[C@H]1C(=O)N[C@@H](CC1CCC1)C(=O)C(N)=O. The van der Waals surface area contributed by atoms with Crippen LogP contribution in [-0.4, -0.2) is 71.1 Å². The zero-order valence-electron chi connectivity index (χ0n) is 28.6. The number of fused-ring (bicyclic) bond motifs is 1. The fraction of sp³-hybridized carbons (Fsp3) is 0.514. The summed E-state index contributed by atoms with van der Waals surface area (Å²) in [6.07, 6.45) is 3.20. The van der Waals surface area contributed by atoms with Gasteiger partial charge in [-0.15, -0.1) is 0 Å². The molecule has 1 spiro atoms. The minimum absolute atomic E-state index is 0.00414. The summed E-state index contributed by atoms with van der Waals surface area (Å²) in [7, 11) is 0. The normalized spacial score (nSPS) is 22.3. The highest BCUT2D eigenvalue weighted by atomic mass is 16.7. The van der Waals surface area contributed by atoms with Gasteiger partial charge in [-0.25, -0.2) is 0 Å². The number of carbonyl (C=O) groups is 5. The van der Waals surface area contributed by atoms with Crippen LogP contribution >= 0.6 is 0 Å². The van der Waals surface area contributed by atoms with Crippen molar-refractivity contribution in [3.8, 4) is 11.5 Å². The number of esters is 1. The number of oxime groups is 1. The summed E-state index contributed by atoms with van der Waals surface area (Å²) in [5.41, 5.74) is 5.79. The molecule has 4 aliphatic rings. The molecule has 0 bridgehead atoms. The topological polar surface area (TPSA) is 176 Å². The third kappa shape index (κ3) is 7.61. The van der Waals surface area contributed by atoms with Gasteiger partial charge >= 0.3 is 5.97 Å². The highest BCUT2D eigenvalue weighted by molar-refractivity contribution is 6.37. The Morgan fingerprint density at radius 1 is 1.06 bits per heavy atom. The molecule has 13 heteroatoms. The highest BCUT2D eigenvalue weighted by Gasteiger charge is 2.55. The molecule has 0 radical (unpaired) electrons. The van der Waals surface area contributed by atoms with Gasteiger partial charge in [0, 0.05) is 18.4 Å². The first-order valence-electron chi connectivity index (χ1n) is 17.1. The molecular formula is C37H44N4O9. The van der Waals surface area contributed by atoms with Crippen LogP contribution in [0, 0.1) is 17.3 Å². The van der Waals surface area contributed by atoms with Gasteiger partial charge in [-0.3, -0.25) is 24.0 Å². The quantitative estimate of drug-likeness (QED) is 0.250. The number of benzene rings is 2. The van der Waals surface area contributed by atoms with Crippen LogP contribution in [-0.2, 0) is 40.2 Å².